The van der Waals surface area contributed by atoms with Gasteiger partial charge in [-0.1, -0.05) is 70.4 Å². The number of allylic oxidation sites excluding steroid dienone is 2. The second kappa shape index (κ2) is 19.3. The van der Waals surface area contributed by atoms with Gasteiger partial charge in [-0.05, 0) is 39.0 Å². The van der Waals surface area contributed by atoms with Crippen LogP contribution in [0.4, 0.5) is 0 Å². The van der Waals surface area contributed by atoms with Gasteiger partial charge in [0.1, 0.15) is 31.0 Å². The van der Waals surface area contributed by atoms with Gasteiger partial charge in [0.2, 0.25) is 0 Å². The SMILES string of the molecule is CCCCCCCC/C=C\CCCCCCCC(=O)OC[C@H]1O[C@H](OCC)[C@H](O)[C@@H](O)[C@@H]1O. The monoisotopic (exact) mass is 472 g/mol. The number of carbonyl (C=O) groups is 1. The summed E-state index contributed by atoms with van der Waals surface area (Å²) in [5, 5.41) is 29.8. The minimum absolute atomic E-state index is 0.182. The highest BCUT2D eigenvalue weighted by Gasteiger charge is 2.44. The smallest absolute Gasteiger partial charge is 0.305 e. The second-order valence-corrected chi connectivity index (χ2v) is 8.99. The molecular weight excluding hydrogens is 424 g/mol. The molecule has 0 amide bonds. The van der Waals surface area contributed by atoms with Crippen molar-refractivity contribution in [3.8, 4) is 0 Å². The van der Waals surface area contributed by atoms with Crippen LogP contribution in [-0.2, 0) is 19.0 Å². The molecule has 0 saturated carbocycles. The zero-order valence-electron chi connectivity index (χ0n) is 20.8. The molecule has 194 valence electrons. The van der Waals surface area contributed by atoms with Crippen molar-refractivity contribution in [1.29, 1.82) is 0 Å². The van der Waals surface area contributed by atoms with E-state index in [1.165, 1.54) is 51.4 Å². The fraction of sp³-hybridized carbons (Fsp3) is 0.885. The van der Waals surface area contributed by atoms with Gasteiger partial charge < -0.3 is 29.5 Å². The fourth-order valence-corrected chi connectivity index (χ4v) is 3.94. The Hall–Kier alpha value is -0.990. The van der Waals surface area contributed by atoms with Crippen LogP contribution in [0.5, 0.6) is 0 Å². The number of carbonyl (C=O) groups excluding carboxylic acids is 1. The molecule has 7 heteroatoms. The number of unbranched alkanes of at least 4 members (excludes halogenated alkanes) is 11. The molecule has 33 heavy (non-hydrogen) atoms. The van der Waals surface area contributed by atoms with E-state index in [0.29, 0.717) is 6.42 Å². The van der Waals surface area contributed by atoms with Crippen molar-refractivity contribution in [3.05, 3.63) is 12.2 Å². The Morgan fingerprint density at radius 3 is 1.97 bits per heavy atom. The largest absolute Gasteiger partial charge is 0.463 e. The first-order valence-electron chi connectivity index (χ1n) is 13.1. The molecule has 0 unspecified atom stereocenters. The topological polar surface area (TPSA) is 105 Å². The van der Waals surface area contributed by atoms with E-state index in [1.54, 1.807) is 6.92 Å². The number of esters is 1. The van der Waals surface area contributed by atoms with Crippen molar-refractivity contribution in [1.82, 2.24) is 0 Å². The lowest BCUT2D eigenvalue weighted by molar-refractivity contribution is -0.300. The number of aliphatic hydroxyl groups is 3. The lowest BCUT2D eigenvalue weighted by atomic mass is 9.99. The maximum atomic E-state index is 12.0. The number of hydrogen-bond donors (Lipinski definition) is 3. The molecule has 1 fully saturated rings. The highest BCUT2D eigenvalue weighted by molar-refractivity contribution is 5.69. The van der Waals surface area contributed by atoms with Gasteiger partial charge in [-0.25, -0.2) is 0 Å². The molecule has 3 N–H and O–H groups in total. The van der Waals surface area contributed by atoms with Crippen LogP contribution in [0, 0.1) is 0 Å². The molecule has 1 saturated heterocycles. The Kier molecular flexibility index (Phi) is 17.6. The molecule has 1 aliphatic heterocycles. The van der Waals surface area contributed by atoms with Crippen LogP contribution in [0.3, 0.4) is 0 Å². The summed E-state index contributed by atoms with van der Waals surface area (Å²) in [7, 11) is 0. The second-order valence-electron chi connectivity index (χ2n) is 8.99. The van der Waals surface area contributed by atoms with Crippen LogP contribution in [-0.4, -0.2) is 65.2 Å². The third kappa shape index (κ3) is 13.5. The molecule has 0 aliphatic carbocycles. The molecule has 0 aromatic rings. The summed E-state index contributed by atoms with van der Waals surface area (Å²) in [5.41, 5.74) is 0. The predicted molar refractivity (Wildman–Crippen MR) is 129 cm³/mol. The van der Waals surface area contributed by atoms with Crippen LogP contribution in [0.15, 0.2) is 12.2 Å². The average molecular weight is 473 g/mol. The predicted octanol–water partition coefficient (Wildman–Crippen LogP) is 4.41. The van der Waals surface area contributed by atoms with E-state index in [-0.39, 0.29) is 19.2 Å². The van der Waals surface area contributed by atoms with Crippen molar-refractivity contribution in [3.63, 3.8) is 0 Å². The average Bonchev–Trinajstić information content (AvgIpc) is 2.81. The van der Waals surface area contributed by atoms with Crippen LogP contribution in [0.1, 0.15) is 104 Å². The third-order valence-corrected chi connectivity index (χ3v) is 6.05. The first-order chi connectivity index (χ1) is 16.0. The summed E-state index contributed by atoms with van der Waals surface area (Å²) in [4.78, 5) is 12.0. The van der Waals surface area contributed by atoms with Gasteiger partial charge in [-0.2, -0.15) is 0 Å². The lowest BCUT2D eigenvalue weighted by Gasteiger charge is -2.39. The van der Waals surface area contributed by atoms with Gasteiger partial charge >= 0.3 is 5.97 Å². The standard InChI is InChI=1S/C26H48O7/c1-3-5-6-7-8-9-10-11-12-13-14-15-16-17-18-19-22(27)32-20-21-23(28)24(29)25(30)26(33-21)31-4-2/h11-12,21,23-26,28-30H,3-10,13-20H2,1-2H3/b12-11-/t21-,23-,24+,25-,26+/m1/s1. The lowest BCUT2D eigenvalue weighted by Crippen LogP contribution is -2.59. The molecule has 1 rings (SSSR count). The molecule has 0 radical (unpaired) electrons. The van der Waals surface area contributed by atoms with Crippen LogP contribution in [0.25, 0.3) is 0 Å². The number of rotatable bonds is 19. The minimum atomic E-state index is -1.41. The fourth-order valence-electron chi connectivity index (χ4n) is 3.94. The van der Waals surface area contributed by atoms with Crippen molar-refractivity contribution in [2.45, 2.75) is 134 Å². The van der Waals surface area contributed by atoms with E-state index in [0.717, 1.165) is 32.1 Å². The first kappa shape index (κ1) is 30.0. The molecular formula is C26H48O7. The van der Waals surface area contributed by atoms with Crippen molar-refractivity contribution >= 4 is 5.97 Å². The van der Waals surface area contributed by atoms with E-state index in [2.05, 4.69) is 19.1 Å². The van der Waals surface area contributed by atoms with E-state index in [4.69, 9.17) is 14.2 Å². The molecule has 1 heterocycles. The van der Waals surface area contributed by atoms with Gasteiger partial charge in [-0.3, -0.25) is 4.79 Å². The van der Waals surface area contributed by atoms with Crippen molar-refractivity contribution in [2.24, 2.45) is 0 Å². The zero-order chi connectivity index (χ0) is 24.3. The van der Waals surface area contributed by atoms with E-state index in [1.807, 2.05) is 0 Å². The molecule has 1 aliphatic rings. The highest BCUT2D eigenvalue weighted by atomic mass is 16.7. The summed E-state index contributed by atoms with van der Waals surface area (Å²) in [6.45, 7) is 4.08. The van der Waals surface area contributed by atoms with Gasteiger partial charge in [0, 0.05) is 13.0 Å². The molecule has 0 aromatic carbocycles. The molecule has 0 aromatic heterocycles. The van der Waals surface area contributed by atoms with Crippen molar-refractivity contribution in [2.75, 3.05) is 13.2 Å². The van der Waals surface area contributed by atoms with Gasteiger partial charge in [0.05, 0.1) is 0 Å². The summed E-state index contributed by atoms with van der Waals surface area (Å²) in [5.74, 6) is -0.350. The molecule has 0 spiro atoms. The minimum Gasteiger partial charge on any atom is -0.463 e. The van der Waals surface area contributed by atoms with Crippen LogP contribution in [0.2, 0.25) is 0 Å². The summed E-state index contributed by atoms with van der Waals surface area (Å²) in [6, 6.07) is 0. The summed E-state index contributed by atoms with van der Waals surface area (Å²) < 4.78 is 15.9. The Labute approximate surface area is 200 Å². The molecule has 0 bridgehead atoms. The van der Waals surface area contributed by atoms with Crippen molar-refractivity contribution < 1.29 is 34.3 Å². The summed E-state index contributed by atoms with van der Waals surface area (Å²) >= 11 is 0. The van der Waals surface area contributed by atoms with Crippen LogP contribution >= 0.6 is 0 Å². The Morgan fingerprint density at radius 1 is 0.788 bits per heavy atom. The third-order valence-electron chi connectivity index (χ3n) is 6.05. The Bertz CT molecular complexity index is 511. The first-order valence-corrected chi connectivity index (χ1v) is 13.1. The molecule has 7 nitrogen and oxygen atoms in total. The van der Waals surface area contributed by atoms with Gasteiger partial charge in [0.25, 0.3) is 0 Å². The zero-order valence-corrected chi connectivity index (χ0v) is 20.8. The summed E-state index contributed by atoms with van der Waals surface area (Å²) in [6.07, 6.45) is 14.4. The Morgan fingerprint density at radius 2 is 1.36 bits per heavy atom. The van der Waals surface area contributed by atoms with Gasteiger partial charge in [0.15, 0.2) is 6.29 Å². The number of ether oxygens (including phenoxy) is 3. The highest BCUT2D eigenvalue weighted by Crippen LogP contribution is 2.22. The quantitative estimate of drug-likeness (QED) is 0.145. The van der Waals surface area contributed by atoms with E-state index in [9.17, 15) is 20.1 Å². The van der Waals surface area contributed by atoms with E-state index < -0.39 is 30.7 Å². The van der Waals surface area contributed by atoms with E-state index >= 15 is 0 Å². The van der Waals surface area contributed by atoms with Crippen LogP contribution < -0.4 is 0 Å². The van der Waals surface area contributed by atoms with Gasteiger partial charge in [-0.15, -0.1) is 0 Å². The normalized spacial score (nSPS) is 25.5. The maximum absolute atomic E-state index is 12.0. The maximum Gasteiger partial charge on any atom is 0.305 e. The Balaban J connectivity index is 2.00. The molecule has 5 atom stereocenters. The number of aliphatic hydroxyl groups excluding tert-OH is 3. The number of hydrogen-bond acceptors (Lipinski definition) is 7.